The van der Waals surface area contributed by atoms with Crippen molar-refractivity contribution in [2.75, 3.05) is 18.0 Å². The minimum Gasteiger partial charge on any atom is -0.480 e. The lowest BCUT2D eigenvalue weighted by Crippen LogP contribution is -2.35. The largest absolute Gasteiger partial charge is 0.480 e. The lowest BCUT2D eigenvalue weighted by Gasteiger charge is -2.20. The predicted octanol–water partition coefficient (Wildman–Crippen LogP) is 4.32. The van der Waals surface area contributed by atoms with Crippen molar-refractivity contribution in [3.05, 3.63) is 52.8 Å². The number of allylic oxidation sites excluding steroid dienone is 1. The van der Waals surface area contributed by atoms with E-state index in [1.165, 1.54) is 15.9 Å². The number of carboxylic acid groups (broad SMARTS) is 1. The maximum atomic E-state index is 13.2. The number of fused-ring (bicyclic) bond motifs is 1. The molecule has 0 bridgehead atoms. The Morgan fingerprint density at radius 1 is 1.11 bits per heavy atom. The van der Waals surface area contributed by atoms with Crippen LogP contribution in [0.2, 0.25) is 10.0 Å². The number of thioether (sulfide) groups is 2. The van der Waals surface area contributed by atoms with E-state index in [1.807, 2.05) is 25.1 Å². The quantitative estimate of drug-likeness (QED) is 0.470. The summed E-state index contributed by atoms with van der Waals surface area (Å²) in [6.45, 7) is 4.58. The number of thiazole rings is 1. The maximum absolute atomic E-state index is 13.2. The van der Waals surface area contributed by atoms with Crippen LogP contribution >= 0.6 is 70.3 Å². The van der Waals surface area contributed by atoms with Crippen molar-refractivity contribution in [3.8, 4) is 0 Å². The molecule has 4 rings (SSSR count). The zero-order valence-corrected chi connectivity index (χ0v) is 24.0. The first kappa shape index (κ1) is 27.3. The Labute approximate surface area is 235 Å². The standard InChI is InChI=1S/C23H21Cl2N3O4S4/c1-3-5-8-27-14-9-12(24)13(25)10-16(14)34-17(27)7-6-15-20(31)26(4-2)22(35-15)19-21(32)28(11-18(29)30)23(33)36-19/h6-7,9-10H,3-5,8,11H2,1-2H3,(H,29,30). The second kappa shape index (κ2) is 11.3. The molecule has 0 spiro atoms. The van der Waals surface area contributed by atoms with Crippen molar-refractivity contribution in [2.24, 2.45) is 0 Å². The Bertz CT molecular complexity index is 1480. The van der Waals surface area contributed by atoms with Gasteiger partial charge >= 0.3 is 5.97 Å². The van der Waals surface area contributed by atoms with Gasteiger partial charge < -0.3 is 10.0 Å². The number of aromatic nitrogens is 1. The van der Waals surface area contributed by atoms with Gasteiger partial charge in [0.2, 0.25) is 0 Å². The molecule has 1 N–H and O–H groups in total. The molecule has 3 heterocycles. The average molecular weight is 603 g/mol. The number of rotatable bonds is 7. The smallest absolute Gasteiger partial charge is 0.323 e. The molecule has 0 atom stereocenters. The van der Waals surface area contributed by atoms with E-state index in [9.17, 15) is 14.4 Å². The highest BCUT2D eigenvalue weighted by Crippen LogP contribution is 2.48. The highest BCUT2D eigenvalue weighted by Gasteiger charge is 2.35. The molecule has 0 unspecified atom stereocenters. The minimum atomic E-state index is -1.16. The normalized spacial score (nSPS) is 18.7. The Morgan fingerprint density at radius 3 is 2.50 bits per heavy atom. The van der Waals surface area contributed by atoms with Crippen molar-refractivity contribution in [1.82, 2.24) is 9.47 Å². The average Bonchev–Trinajstić information content (AvgIpc) is 3.42. The molecule has 36 heavy (non-hydrogen) atoms. The number of aliphatic carboxylic acids is 1. The third-order valence-corrected chi connectivity index (χ3v) is 10.00. The molecule has 1 aromatic heterocycles. The van der Waals surface area contributed by atoms with E-state index in [4.69, 9.17) is 40.5 Å². The number of unbranched alkanes of at least 4 members (excludes halogenated alkanes) is 1. The van der Waals surface area contributed by atoms with Crippen molar-refractivity contribution in [2.45, 2.75) is 38.1 Å². The fourth-order valence-corrected chi connectivity index (χ4v) is 7.72. The highest BCUT2D eigenvalue weighted by atomic mass is 35.5. The Balaban J connectivity index is 1.78. The number of thiocarbonyl (C=S) groups is 1. The first-order valence-electron chi connectivity index (χ1n) is 11.0. The molecule has 1 aromatic carbocycles. The van der Waals surface area contributed by atoms with Gasteiger partial charge in [0.05, 0.1) is 25.3 Å². The van der Waals surface area contributed by atoms with Crippen LogP contribution in [0.5, 0.6) is 0 Å². The number of hydrogen-bond acceptors (Lipinski definition) is 8. The first-order valence-corrected chi connectivity index (χ1v) is 14.6. The van der Waals surface area contributed by atoms with Gasteiger partial charge in [-0.3, -0.25) is 23.9 Å². The number of carbonyl (C=O) groups is 2. The lowest BCUT2D eigenvalue weighted by atomic mass is 10.2. The van der Waals surface area contributed by atoms with Crippen molar-refractivity contribution in [1.29, 1.82) is 0 Å². The van der Waals surface area contributed by atoms with E-state index in [0.29, 0.717) is 25.8 Å². The molecule has 2 aromatic rings. The Kier molecular flexibility index (Phi) is 8.58. The van der Waals surface area contributed by atoms with Crippen LogP contribution in [0.3, 0.4) is 0 Å². The van der Waals surface area contributed by atoms with Crippen LogP contribution in [-0.4, -0.2) is 43.9 Å². The Hall–Kier alpha value is -1.76. The molecule has 2 aliphatic heterocycles. The molecule has 1 fully saturated rings. The van der Waals surface area contributed by atoms with Crippen LogP contribution in [0.15, 0.2) is 32.9 Å². The summed E-state index contributed by atoms with van der Waals surface area (Å²) in [5, 5.41) is 11.0. The molecular formula is C23H21Cl2N3O4S4. The number of halogens is 2. The van der Waals surface area contributed by atoms with Gasteiger partial charge in [0.25, 0.3) is 11.5 Å². The summed E-state index contributed by atoms with van der Waals surface area (Å²) in [7, 11) is 0. The van der Waals surface area contributed by atoms with Gasteiger partial charge in [-0.1, -0.05) is 72.3 Å². The van der Waals surface area contributed by atoms with Crippen LogP contribution in [0, 0.1) is 0 Å². The summed E-state index contributed by atoms with van der Waals surface area (Å²) in [5.74, 6) is -1.65. The van der Waals surface area contributed by atoms with E-state index in [-0.39, 0.29) is 14.8 Å². The monoisotopic (exact) mass is 601 g/mol. The molecule has 0 saturated carbocycles. The third kappa shape index (κ3) is 5.27. The van der Waals surface area contributed by atoms with Crippen LogP contribution < -0.4 is 19.7 Å². The number of carbonyl (C=O) groups excluding carboxylic acids is 1. The van der Waals surface area contributed by atoms with Crippen molar-refractivity contribution >= 4 is 103 Å². The predicted molar refractivity (Wildman–Crippen MR) is 154 cm³/mol. The molecule has 13 heteroatoms. The summed E-state index contributed by atoms with van der Waals surface area (Å²) in [5.41, 5.74) is 0.764. The van der Waals surface area contributed by atoms with Gasteiger partial charge in [-0.2, -0.15) is 0 Å². The van der Waals surface area contributed by atoms with Gasteiger partial charge in [-0.25, -0.2) is 0 Å². The SMILES string of the molecule is CCCCN1C(=CC=c2sc(=C3SC(=S)N(CC(=O)O)C3=O)n(CC)c2=O)Sc2cc(Cl)c(Cl)cc21. The summed E-state index contributed by atoms with van der Waals surface area (Å²) >= 11 is 21.5. The summed E-state index contributed by atoms with van der Waals surface area (Å²) in [4.78, 5) is 41.7. The maximum Gasteiger partial charge on any atom is 0.323 e. The molecule has 190 valence electrons. The van der Waals surface area contributed by atoms with E-state index in [1.54, 1.807) is 17.8 Å². The minimum absolute atomic E-state index is 0.164. The fourth-order valence-electron chi connectivity index (χ4n) is 3.70. The second-order valence-corrected chi connectivity index (χ2v) is 12.4. The van der Waals surface area contributed by atoms with Crippen LogP contribution in [0.4, 0.5) is 5.69 Å². The fraction of sp³-hybridized carbons (Fsp3) is 0.304. The van der Waals surface area contributed by atoms with E-state index >= 15 is 0 Å². The van der Waals surface area contributed by atoms with Gasteiger partial charge in [-0.15, -0.1) is 11.3 Å². The first-order chi connectivity index (χ1) is 17.2. The van der Waals surface area contributed by atoms with Crippen LogP contribution in [0.1, 0.15) is 26.7 Å². The van der Waals surface area contributed by atoms with Crippen LogP contribution in [-0.2, 0) is 16.1 Å². The van der Waals surface area contributed by atoms with Crippen molar-refractivity contribution in [3.63, 3.8) is 0 Å². The summed E-state index contributed by atoms with van der Waals surface area (Å²) in [6, 6.07) is 3.71. The topological polar surface area (TPSA) is 82.8 Å². The number of hydrogen-bond donors (Lipinski definition) is 1. The van der Waals surface area contributed by atoms with Gasteiger partial charge in [0, 0.05) is 18.0 Å². The van der Waals surface area contributed by atoms with Crippen molar-refractivity contribution < 1.29 is 14.7 Å². The van der Waals surface area contributed by atoms with E-state index in [0.717, 1.165) is 51.7 Å². The number of amides is 1. The highest BCUT2D eigenvalue weighted by molar-refractivity contribution is 8.30. The molecule has 0 aliphatic carbocycles. The third-order valence-electron chi connectivity index (χ3n) is 5.45. The van der Waals surface area contributed by atoms with Gasteiger partial charge in [0.15, 0.2) is 0 Å². The molecule has 1 saturated heterocycles. The number of nitrogens with zero attached hydrogens (tertiary/aromatic N) is 3. The zero-order chi connectivity index (χ0) is 26.1. The Morgan fingerprint density at radius 2 is 1.83 bits per heavy atom. The molecule has 7 nitrogen and oxygen atoms in total. The number of benzene rings is 1. The summed E-state index contributed by atoms with van der Waals surface area (Å²) in [6.07, 6.45) is 5.66. The molecule has 0 radical (unpaired) electrons. The van der Waals surface area contributed by atoms with Gasteiger partial charge in [-0.05, 0) is 37.6 Å². The molecule has 1 amide bonds. The van der Waals surface area contributed by atoms with E-state index < -0.39 is 18.4 Å². The summed E-state index contributed by atoms with van der Waals surface area (Å²) < 4.78 is 2.62. The zero-order valence-electron chi connectivity index (χ0n) is 19.2. The lowest BCUT2D eigenvalue weighted by molar-refractivity contribution is -0.140. The number of carboxylic acids is 1. The molecular weight excluding hydrogens is 581 g/mol. The van der Waals surface area contributed by atoms with Crippen LogP contribution in [0.25, 0.3) is 11.0 Å². The van der Waals surface area contributed by atoms with E-state index in [2.05, 4.69) is 11.8 Å². The second-order valence-electron chi connectivity index (χ2n) is 7.82. The number of anilines is 1. The molecule has 2 aliphatic rings. The van der Waals surface area contributed by atoms with Gasteiger partial charge in [0.1, 0.15) is 20.4 Å².